The Morgan fingerprint density at radius 1 is 1.29 bits per heavy atom. The highest BCUT2D eigenvalue weighted by Gasteiger charge is 2.13. The van der Waals surface area contributed by atoms with Crippen molar-refractivity contribution < 1.29 is 19.1 Å². The zero-order chi connectivity index (χ0) is 16.5. The van der Waals surface area contributed by atoms with Gasteiger partial charge in [-0.3, -0.25) is 4.79 Å². The van der Waals surface area contributed by atoms with Gasteiger partial charge in [-0.15, -0.1) is 0 Å². The fourth-order valence-electron chi connectivity index (χ4n) is 2.63. The highest BCUT2D eigenvalue weighted by molar-refractivity contribution is 5.86. The normalized spacial score (nSPS) is 11.2. The van der Waals surface area contributed by atoms with Crippen LogP contribution in [0.1, 0.15) is 11.3 Å². The Morgan fingerprint density at radius 2 is 2.21 bits per heavy atom. The molecule has 6 nitrogen and oxygen atoms in total. The van der Waals surface area contributed by atoms with E-state index in [0.717, 1.165) is 16.6 Å². The van der Waals surface area contributed by atoms with E-state index in [1.54, 1.807) is 12.1 Å². The number of ether oxygens (including phenoxy) is 1. The van der Waals surface area contributed by atoms with Gasteiger partial charge in [0.25, 0.3) is 0 Å². The first-order valence-corrected chi connectivity index (χ1v) is 7.46. The monoisotopic (exact) mass is 322 g/mol. The fourth-order valence-corrected chi connectivity index (χ4v) is 2.63. The Hall–Kier alpha value is -3.28. The summed E-state index contributed by atoms with van der Waals surface area (Å²) in [6.45, 7) is 0.122. The molecule has 0 saturated heterocycles. The third-order valence-electron chi connectivity index (χ3n) is 3.77. The maximum Gasteiger partial charge on any atom is 0.310 e. The minimum absolute atomic E-state index is 0.102. The van der Waals surface area contributed by atoms with Gasteiger partial charge >= 0.3 is 5.97 Å². The summed E-state index contributed by atoms with van der Waals surface area (Å²) < 4.78 is 12.5. The number of carbonyl (C=O) groups is 1. The van der Waals surface area contributed by atoms with Crippen molar-refractivity contribution in [1.82, 2.24) is 9.38 Å². The second-order valence-corrected chi connectivity index (χ2v) is 5.48. The van der Waals surface area contributed by atoms with Crippen molar-refractivity contribution in [2.24, 2.45) is 0 Å². The number of carbonyl (C=O) groups excluding carboxylic acids is 1. The zero-order valence-corrected chi connectivity index (χ0v) is 12.7. The van der Waals surface area contributed by atoms with E-state index in [1.165, 1.54) is 12.3 Å². The van der Waals surface area contributed by atoms with E-state index in [1.807, 2.05) is 35.0 Å². The summed E-state index contributed by atoms with van der Waals surface area (Å²) >= 11 is 0. The van der Waals surface area contributed by atoms with E-state index in [4.69, 9.17) is 9.15 Å². The van der Waals surface area contributed by atoms with Crippen LogP contribution >= 0.6 is 0 Å². The molecule has 0 spiro atoms. The molecule has 24 heavy (non-hydrogen) atoms. The summed E-state index contributed by atoms with van der Waals surface area (Å²) in [5, 5.41) is 10.2. The molecule has 6 heteroatoms. The standard InChI is InChI=1S/C18H14N2O4/c21-14-4-5-15-12(10-23-16(15)8-14)7-18(22)24-11-13-9-20-6-2-1-3-17(20)19-13/h1-6,8-10,21H,7,11H2. The Kier molecular flexibility index (Phi) is 3.42. The van der Waals surface area contributed by atoms with Gasteiger partial charge in [0.15, 0.2) is 0 Å². The fraction of sp³-hybridized carbons (Fsp3) is 0.111. The van der Waals surface area contributed by atoms with Gasteiger partial charge in [0, 0.05) is 29.4 Å². The largest absolute Gasteiger partial charge is 0.508 e. The van der Waals surface area contributed by atoms with Gasteiger partial charge in [-0.05, 0) is 24.3 Å². The second-order valence-electron chi connectivity index (χ2n) is 5.48. The molecular weight excluding hydrogens is 308 g/mol. The Balaban J connectivity index is 1.44. The molecule has 0 unspecified atom stereocenters. The van der Waals surface area contributed by atoms with Gasteiger partial charge < -0.3 is 18.7 Å². The molecule has 120 valence electrons. The molecule has 3 heterocycles. The van der Waals surface area contributed by atoms with Gasteiger partial charge in [0.1, 0.15) is 23.6 Å². The molecule has 0 aliphatic heterocycles. The van der Waals surface area contributed by atoms with Gasteiger partial charge in [-0.2, -0.15) is 0 Å². The van der Waals surface area contributed by atoms with Gasteiger partial charge in [0.2, 0.25) is 0 Å². The molecule has 1 N–H and O–H groups in total. The van der Waals surface area contributed by atoms with Crippen LogP contribution in [-0.2, 0) is 22.6 Å². The number of imidazole rings is 1. The predicted molar refractivity (Wildman–Crippen MR) is 86.6 cm³/mol. The van der Waals surface area contributed by atoms with Crippen LogP contribution in [0.3, 0.4) is 0 Å². The SMILES string of the molecule is O=C(Cc1coc2cc(O)ccc12)OCc1cn2ccccc2n1. The first-order valence-electron chi connectivity index (χ1n) is 7.46. The van der Waals surface area contributed by atoms with Crippen LogP contribution < -0.4 is 0 Å². The number of aromatic nitrogens is 2. The molecule has 0 bridgehead atoms. The number of fused-ring (bicyclic) bond motifs is 2. The van der Waals surface area contributed by atoms with Crippen LogP contribution in [0.15, 0.2) is 59.5 Å². The van der Waals surface area contributed by atoms with Crippen LogP contribution in [0.25, 0.3) is 16.6 Å². The number of hydrogen-bond acceptors (Lipinski definition) is 5. The average molecular weight is 322 g/mol. The average Bonchev–Trinajstić information content (AvgIpc) is 3.16. The van der Waals surface area contributed by atoms with E-state index < -0.39 is 0 Å². The maximum absolute atomic E-state index is 12.1. The van der Waals surface area contributed by atoms with Gasteiger partial charge in [0.05, 0.1) is 18.4 Å². The molecule has 1 aromatic carbocycles. The lowest BCUT2D eigenvalue weighted by Crippen LogP contribution is -2.07. The quantitative estimate of drug-likeness (QED) is 0.584. The number of phenols is 1. The maximum atomic E-state index is 12.1. The number of nitrogens with zero attached hydrogens (tertiary/aromatic N) is 2. The number of hydrogen-bond donors (Lipinski definition) is 1. The van der Waals surface area contributed by atoms with Crippen LogP contribution in [0.2, 0.25) is 0 Å². The summed E-state index contributed by atoms with van der Waals surface area (Å²) in [5.41, 5.74) is 2.77. The summed E-state index contributed by atoms with van der Waals surface area (Å²) in [5.74, 6) is -0.236. The topological polar surface area (TPSA) is 77.0 Å². The zero-order valence-electron chi connectivity index (χ0n) is 12.7. The van der Waals surface area contributed by atoms with Crippen LogP contribution in [0, 0.1) is 0 Å². The Bertz CT molecular complexity index is 999. The van der Waals surface area contributed by atoms with E-state index in [0.29, 0.717) is 11.3 Å². The molecule has 0 aliphatic carbocycles. The van der Waals surface area contributed by atoms with Gasteiger partial charge in [-0.25, -0.2) is 4.98 Å². The number of rotatable bonds is 4. The Morgan fingerprint density at radius 3 is 3.08 bits per heavy atom. The van der Waals surface area contributed by atoms with Crippen molar-refractivity contribution in [2.45, 2.75) is 13.0 Å². The minimum Gasteiger partial charge on any atom is -0.508 e. The third kappa shape index (κ3) is 2.69. The third-order valence-corrected chi connectivity index (χ3v) is 3.77. The van der Waals surface area contributed by atoms with Crippen molar-refractivity contribution in [1.29, 1.82) is 0 Å². The molecule has 4 rings (SSSR count). The number of phenolic OH excluding ortho intramolecular Hbond substituents is 1. The summed E-state index contributed by atoms with van der Waals surface area (Å²) in [6, 6.07) is 10.5. The first-order chi connectivity index (χ1) is 11.7. The lowest BCUT2D eigenvalue weighted by molar-refractivity contribution is -0.144. The van der Waals surface area contributed by atoms with Crippen molar-refractivity contribution in [3.05, 3.63) is 66.3 Å². The number of pyridine rings is 1. The summed E-state index contributed by atoms with van der Waals surface area (Å²) in [6.07, 6.45) is 5.33. The molecule has 0 amide bonds. The van der Waals surface area contributed by atoms with E-state index in [9.17, 15) is 9.90 Å². The number of furan rings is 1. The molecule has 4 aromatic rings. The van der Waals surface area contributed by atoms with E-state index in [2.05, 4.69) is 4.98 Å². The number of benzene rings is 1. The van der Waals surface area contributed by atoms with E-state index >= 15 is 0 Å². The van der Waals surface area contributed by atoms with Crippen LogP contribution in [0.5, 0.6) is 5.75 Å². The molecule has 0 fully saturated rings. The van der Waals surface area contributed by atoms with Gasteiger partial charge in [-0.1, -0.05) is 6.07 Å². The van der Waals surface area contributed by atoms with Crippen LogP contribution in [0.4, 0.5) is 0 Å². The van der Waals surface area contributed by atoms with Crippen LogP contribution in [-0.4, -0.2) is 20.5 Å². The molecule has 0 radical (unpaired) electrons. The minimum atomic E-state index is -0.358. The molecule has 0 saturated carbocycles. The smallest absolute Gasteiger partial charge is 0.310 e. The van der Waals surface area contributed by atoms with Crippen molar-refractivity contribution in [2.75, 3.05) is 0 Å². The van der Waals surface area contributed by atoms with E-state index in [-0.39, 0.29) is 24.7 Å². The number of esters is 1. The van der Waals surface area contributed by atoms with Crippen molar-refractivity contribution in [3.8, 4) is 5.75 Å². The highest BCUT2D eigenvalue weighted by Crippen LogP contribution is 2.25. The second kappa shape index (κ2) is 5.73. The highest BCUT2D eigenvalue weighted by atomic mass is 16.5. The predicted octanol–water partition coefficient (Wildman–Crippen LogP) is 3.07. The Labute approximate surface area is 136 Å². The van der Waals surface area contributed by atoms with Crippen molar-refractivity contribution >= 4 is 22.6 Å². The molecular formula is C18H14N2O4. The summed E-state index contributed by atoms with van der Waals surface area (Å²) in [4.78, 5) is 16.4. The number of aromatic hydroxyl groups is 1. The lowest BCUT2D eigenvalue weighted by atomic mass is 10.1. The molecule has 3 aromatic heterocycles. The first kappa shape index (κ1) is 14.3. The molecule has 0 atom stereocenters. The summed E-state index contributed by atoms with van der Waals surface area (Å²) in [7, 11) is 0. The lowest BCUT2D eigenvalue weighted by Gasteiger charge is -2.01. The van der Waals surface area contributed by atoms with Crippen molar-refractivity contribution in [3.63, 3.8) is 0 Å². The molecule has 0 aliphatic rings.